The molecule has 1 unspecified atom stereocenters. The average molecular weight is 708 g/mol. The van der Waals surface area contributed by atoms with E-state index < -0.39 is 155 Å². The second-order valence-corrected chi connectivity index (χ2v) is 11.9. The van der Waals surface area contributed by atoms with Crippen molar-refractivity contribution in [1.82, 2.24) is 5.32 Å². The number of carbonyl (C=O) groups is 1. The molecule has 0 aromatic rings. The maximum absolute atomic E-state index is 12.0. The van der Waals surface area contributed by atoms with Gasteiger partial charge in [-0.15, -0.1) is 0 Å². The van der Waals surface area contributed by atoms with Gasteiger partial charge in [0, 0.05) is 6.92 Å². The summed E-state index contributed by atoms with van der Waals surface area (Å²) in [7, 11) is 0. The smallest absolute Gasteiger partial charge is 0.217 e. The summed E-state index contributed by atoms with van der Waals surface area (Å²) in [4.78, 5) is 12.0. The number of aliphatic hydroxyl groups excluding tert-OH is 13. The number of aliphatic hydroxyl groups is 13. The van der Waals surface area contributed by atoms with Crippen molar-refractivity contribution in [2.75, 3.05) is 26.4 Å². The van der Waals surface area contributed by atoms with Crippen molar-refractivity contribution >= 4 is 5.91 Å². The molecular formula is C26H45NO21. The predicted octanol–water partition coefficient (Wildman–Crippen LogP) is -9.61. The predicted molar refractivity (Wildman–Crippen MR) is 145 cm³/mol. The van der Waals surface area contributed by atoms with Crippen molar-refractivity contribution in [3.05, 3.63) is 0 Å². The highest BCUT2D eigenvalue weighted by molar-refractivity contribution is 5.73. The monoisotopic (exact) mass is 707 g/mol. The van der Waals surface area contributed by atoms with Crippen LogP contribution in [-0.4, -0.2) is 221 Å². The Balaban J connectivity index is 1.50. The molecule has 4 rings (SSSR count). The van der Waals surface area contributed by atoms with Gasteiger partial charge in [-0.05, 0) is 0 Å². The summed E-state index contributed by atoms with van der Waals surface area (Å²) in [5, 5.41) is 135. The highest BCUT2D eigenvalue weighted by Crippen LogP contribution is 2.33. The minimum atomic E-state index is -2.01. The largest absolute Gasteiger partial charge is 0.394 e. The lowest BCUT2D eigenvalue weighted by atomic mass is 9.95. The van der Waals surface area contributed by atoms with Crippen LogP contribution in [0, 0.1) is 0 Å². The molecule has 22 nitrogen and oxygen atoms in total. The van der Waals surface area contributed by atoms with E-state index in [0.29, 0.717) is 0 Å². The van der Waals surface area contributed by atoms with Gasteiger partial charge in [-0.2, -0.15) is 0 Å². The second kappa shape index (κ2) is 16.8. The van der Waals surface area contributed by atoms with Gasteiger partial charge in [0.25, 0.3) is 0 Å². The van der Waals surface area contributed by atoms with E-state index in [4.69, 9.17) is 33.2 Å². The topological polar surface area (TPSA) is 357 Å². The van der Waals surface area contributed by atoms with Gasteiger partial charge >= 0.3 is 0 Å². The van der Waals surface area contributed by atoms with Crippen molar-refractivity contribution in [3.63, 3.8) is 0 Å². The molecule has 0 bridgehead atoms. The van der Waals surface area contributed by atoms with Crippen molar-refractivity contribution in [1.29, 1.82) is 0 Å². The van der Waals surface area contributed by atoms with E-state index in [0.717, 1.165) is 6.92 Å². The molecule has 0 spiro atoms. The van der Waals surface area contributed by atoms with E-state index >= 15 is 0 Å². The maximum atomic E-state index is 12.0. The third-order valence-electron chi connectivity index (χ3n) is 8.59. The summed E-state index contributed by atoms with van der Waals surface area (Å²) in [6, 6.07) is -1.49. The van der Waals surface area contributed by atoms with Gasteiger partial charge in [-0.25, -0.2) is 0 Å². The minimum absolute atomic E-state index is 0.628. The van der Waals surface area contributed by atoms with Crippen molar-refractivity contribution in [2.24, 2.45) is 0 Å². The normalized spacial score (nSPS) is 50.2. The van der Waals surface area contributed by atoms with Crippen LogP contribution in [0.2, 0.25) is 0 Å². The Labute approximate surface area is 272 Å². The number of nitrogens with one attached hydrogen (secondary N) is 1. The van der Waals surface area contributed by atoms with Gasteiger partial charge in [0.1, 0.15) is 97.6 Å². The fourth-order valence-corrected chi connectivity index (χ4v) is 5.84. The van der Waals surface area contributed by atoms with Crippen LogP contribution in [-0.2, 0) is 38.0 Å². The minimum Gasteiger partial charge on any atom is -0.394 e. The van der Waals surface area contributed by atoms with Gasteiger partial charge in [0.05, 0.1) is 26.4 Å². The Hall–Kier alpha value is -1.33. The van der Waals surface area contributed by atoms with Crippen molar-refractivity contribution in [2.45, 2.75) is 130 Å². The summed E-state index contributed by atoms with van der Waals surface area (Å²) in [6.45, 7) is -2.10. The first-order valence-electron chi connectivity index (χ1n) is 15.1. The molecule has 0 radical (unpaired) electrons. The van der Waals surface area contributed by atoms with Crippen LogP contribution in [0.1, 0.15) is 6.92 Å². The number of rotatable bonds is 11. The van der Waals surface area contributed by atoms with E-state index in [1.54, 1.807) is 0 Å². The lowest BCUT2D eigenvalue weighted by Gasteiger charge is -2.49. The first kappa shape index (κ1) is 39.5. The molecule has 0 aromatic carbocycles. The molecule has 48 heavy (non-hydrogen) atoms. The standard InChI is InChI=1S/C26H45NO21/c1-6(31)27-11-15(35)21(9(4-30)46-24(11)42-5-10-13(33)16(36)18(38)23(41)43-10)47-26-20(40)22(14(34)8(3-29)45-26)48-25-19(39)17(37)12(32)7(2-28)44-25/h7-26,28-30,32-41H,2-5H2,1H3,(H,27,31)/t7-,8-,9-,10-,11-,12-,13+,14+,15-,16+,17+,18-,19-,20-,21-,22+,23?,24-,25+,26+/m1/s1. The van der Waals surface area contributed by atoms with Crippen LogP contribution < -0.4 is 5.32 Å². The first-order chi connectivity index (χ1) is 22.6. The zero-order valence-electron chi connectivity index (χ0n) is 25.5. The SMILES string of the molecule is CC(=O)N[C@H]1[C@H](OC[C@H]2OC(O)[C@H](O)[C@@H](O)[C@H]2O)O[C@H](CO)[C@@H](O[C@@H]2O[C@H](CO)[C@H](O)[C@H](O[C@@H]3O[C@H](CO)[C@@H](O)[C@H](O)[C@H]3O)[C@H]2O)[C@@H]1O. The molecule has 0 aliphatic carbocycles. The number of hydrogen-bond donors (Lipinski definition) is 14. The van der Waals surface area contributed by atoms with Crippen LogP contribution in [0.25, 0.3) is 0 Å². The fraction of sp³-hybridized carbons (Fsp3) is 0.962. The molecule has 4 heterocycles. The molecule has 4 fully saturated rings. The zero-order chi connectivity index (χ0) is 35.6. The Kier molecular flexibility index (Phi) is 13.8. The quantitative estimate of drug-likeness (QED) is 0.0947. The molecule has 0 saturated carbocycles. The molecule has 280 valence electrons. The summed E-state index contributed by atoms with van der Waals surface area (Å²) in [6.07, 6.45) is -33.1. The van der Waals surface area contributed by atoms with Crippen LogP contribution in [0.15, 0.2) is 0 Å². The van der Waals surface area contributed by atoms with E-state index in [9.17, 15) is 71.2 Å². The highest BCUT2D eigenvalue weighted by atomic mass is 16.8. The van der Waals surface area contributed by atoms with Gasteiger partial charge < -0.3 is 105 Å². The zero-order valence-corrected chi connectivity index (χ0v) is 25.5. The van der Waals surface area contributed by atoms with Crippen LogP contribution >= 0.6 is 0 Å². The van der Waals surface area contributed by atoms with E-state index in [1.807, 2.05) is 0 Å². The molecule has 14 N–H and O–H groups in total. The van der Waals surface area contributed by atoms with E-state index in [1.165, 1.54) is 0 Å². The summed E-state index contributed by atoms with van der Waals surface area (Å²) in [5.41, 5.74) is 0. The van der Waals surface area contributed by atoms with E-state index in [2.05, 4.69) is 5.32 Å². The average Bonchev–Trinajstić information content (AvgIpc) is 3.06. The third kappa shape index (κ3) is 8.24. The molecule has 4 aliphatic heterocycles. The number of ether oxygens (including phenoxy) is 7. The summed E-state index contributed by atoms with van der Waals surface area (Å²) < 4.78 is 38.4. The Bertz CT molecular complexity index is 1030. The van der Waals surface area contributed by atoms with Crippen LogP contribution in [0.5, 0.6) is 0 Å². The molecule has 4 saturated heterocycles. The lowest BCUT2D eigenvalue weighted by molar-refractivity contribution is -0.377. The van der Waals surface area contributed by atoms with Crippen LogP contribution in [0.4, 0.5) is 0 Å². The Morgan fingerprint density at radius 2 is 1.04 bits per heavy atom. The van der Waals surface area contributed by atoms with Crippen LogP contribution in [0.3, 0.4) is 0 Å². The lowest BCUT2D eigenvalue weighted by Crippen LogP contribution is -2.68. The van der Waals surface area contributed by atoms with Gasteiger partial charge in [0.15, 0.2) is 25.2 Å². The molecule has 20 atom stereocenters. The van der Waals surface area contributed by atoms with Crippen molar-refractivity contribution in [3.8, 4) is 0 Å². The molecule has 0 aromatic heterocycles. The van der Waals surface area contributed by atoms with Gasteiger partial charge in [-0.1, -0.05) is 0 Å². The van der Waals surface area contributed by atoms with E-state index in [-0.39, 0.29) is 0 Å². The van der Waals surface area contributed by atoms with Gasteiger partial charge in [0.2, 0.25) is 5.91 Å². The third-order valence-corrected chi connectivity index (χ3v) is 8.59. The number of amides is 1. The molecule has 22 heteroatoms. The highest BCUT2D eigenvalue weighted by Gasteiger charge is 2.54. The molecule has 1 amide bonds. The van der Waals surface area contributed by atoms with Gasteiger partial charge in [-0.3, -0.25) is 4.79 Å². The summed E-state index contributed by atoms with van der Waals surface area (Å²) in [5.74, 6) is -0.703. The number of hydrogen-bond acceptors (Lipinski definition) is 21. The second-order valence-electron chi connectivity index (χ2n) is 11.9. The summed E-state index contributed by atoms with van der Waals surface area (Å²) >= 11 is 0. The first-order valence-corrected chi connectivity index (χ1v) is 15.1. The molecular weight excluding hydrogens is 662 g/mol. The van der Waals surface area contributed by atoms with Crippen molar-refractivity contribution < 1.29 is 104 Å². The fourth-order valence-electron chi connectivity index (χ4n) is 5.84. The molecule has 4 aliphatic rings. The number of carbonyl (C=O) groups excluding carboxylic acids is 1. The Morgan fingerprint density at radius 1 is 0.542 bits per heavy atom. The Morgan fingerprint density at radius 3 is 1.62 bits per heavy atom. The maximum Gasteiger partial charge on any atom is 0.217 e.